The Labute approximate surface area is 65.8 Å². The Morgan fingerprint density at radius 1 is 1.73 bits per heavy atom. The third-order valence-electron chi connectivity index (χ3n) is 1.47. The molecule has 1 amide bonds. The van der Waals surface area contributed by atoms with E-state index in [0.717, 1.165) is 5.56 Å². The zero-order valence-corrected chi connectivity index (χ0v) is 6.55. The zero-order chi connectivity index (χ0) is 8.10. The Morgan fingerprint density at radius 3 is 3.09 bits per heavy atom. The van der Waals surface area contributed by atoms with Gasteiger partial charge in [-0.2, -0.15) is 0 Å². The lowest BCUT2D eigenvalue weighted by atomic mass is 10.3. The summed E-state index contributed by atoms with van der Waals surface area (Å²) in [4.78, 5) is 13.7. The van der Waals surface area contributed by atoms with Crippen molar-refractivity contribution in [2.75, 3.05) is 0 Å². The van der Waals surface area contributed by atoms with Crippen LogP contribution in [0.1, 0.15) is 18.9 Å². The maximum absolute atomic E-state index is 10.8. The highest BCUT2D eigenvalue weighted by Gasteiger charge is 1.96. The van der Waals surface area contributed by atoms with Gasteiger partial charge in [-0.1, -0.05) is 6.92 Å². The number of carbonyl (C=O) groups excluding carboxylic acids is 1. The fourth-order valence-corrected chi connectivity index (χ4v) is 0.794. The first-order valence-electron chi connectivity index (χ1n) is 3.71. The summed E-state index contributed by atoms with van der Waals surface area (Å²) in [5, 5.41) is 2.78. The Morgan fingerprint density at radius 2 is 2.55 bits per heavy atom. The summed E-state index contributed by atoms with van der Waals surface area (Å²) in [6, 6.07) is 1.94. The van der Waals surface area contributed by atoms with E-state index in [0.29, 0.717) is 13.0 Å². The van der Waals surface area contributed by atoms with Crippen LogP contribution >= 0.6 is 0 Å². The highest BCUT2D eigenvalue weighted by molar-refractivity contribution is 5.75. The quantitative estimate of drug-likeness (QED) is 0.667. The van der Waals surface area contributed by atoms with Crippen LogP contribution in [-0.2, 0) is 11.3 Å². The van der Waals surface area contributed by atoms with E-state index in [1.165, 1.54) is 0 Å². The fraction of sp³-hybridized carbons (Fsp3) is 0.375. The Bertz CT molecular complexity index is 216. The maximum Gasteiger partial charge on any atom is 0.219 e. The van der Waals surface area contributed by atoms with Gasteiger partial charge in [0.1, 0.15) is 0 Å². The summed E-state index contributed by atoms with van der Waals surface area (Å²) in [6.45, 7) is 2.46. The third kappa shape index (κ3) is 2.45. The van der Waals surface area contributed by atoms with Gasteiger partial charge >= 0.3 is 0 Å². The predicted molar refractivity (Wildman–Crippen MR) is 42.9 cm³/mol. The lowest BCUT2D eigenvalue weighted by Gasteiger charge is -1.99. The molecule has 11 heavy (non-hydrogen) atoms. The normalized spacial score (nSPS) is 9.55. The molecule has 1 rings (SSSR count). The summed E-state index contributed by atoms with van der Waals surface area (Å²) in [6.07, 6.45) is 4.26. The molecule has 0 radical (unpaired) electrons. The van der Waals surface area contributed by atoms with E-state index in [1.807, 2.05) is 25.4 Å². The average Bonchev–Trinajstić information content (AvgIpc) is 2.52. The van der Waals surface area contributed by atoms with Crippen LogP contribution < -0.4 is 5.32 Å². The summed E-state index contributed by atoms with van der Waals surface area (Å²) in [7, 11) is 0. The molecular weight excluding hydrogens is 140 g/mol. The summed E-state index contributed by atoms with van der Waals surface area (Å²) >= 11 is 0. The van der Waals surface area contributed by atoms with E-state index in [1.54, 1.807) is 0 Å². The molecule has 60 valence electrons. The molecular formula is C8H12N2O. The first-order valence-corrected chi connectivity index (χ1v) is 3.71. The number of nitrogens with one attached hydrogen (secondary N) is 2. The second-order valence-corrected chi connectivity index (χ2v) is 2.35. The minimum Gasteiger partial charge on any atom is -0.367 e. The number of aromatic nitrogens is 1. The van der Waals surface area contributed by atoms with Gasteiger partial charge in [-0.05, 0) is 11.6 Å². The van der Waals surface area contributed by atoms with E-state index in [9.17, 15) is 4.79 Å². The predicted octanol–water partition coefficient (Wildman–Crippen LogP) is 1.04. The second-order valence-electron chi connectivity index (χ2n) is 2.35. The van der Waals surface area contributed by atoms with Gasteiger partial charge in [0.2, 0.25) is 5.91 Å². The second kappa shape index (κ2) is 3.81. The molecule has 0 spiro atoms. The smallest absolute Gasteiger partial charge is 0.219 e. The number of hydrogen-bond acceptors (Lipinski definition) is 1. The molecule has 0 saturated carbocycles. The molecule has 0 aliphatic carbocycles. The van der Waals surface area contributed by atoms with Crippen molar-refractivity contribution < 1.29 is 4.79 Å². The standard InChI is InChI=1S/C8H12N2O/c1-2-8(11)10-6-7-3-4-9-5-7/h3-5,9H,2,6H2,1H3,(H,10,11). The van der Waals surface area contributed by atoms with E-state index in [2.05, 4.69) is 10.3 Å². The SMILES string of the molecule is CCC(=O)NCc1cc[nH]c1. The molecule has 0 aliphatic heterocycles. The third-order valence-corrected chi connectivity index (χ3v) is 1.47. The molecule has 1 aromatic rings. The van der Waals surface area contributed by atoms with Crippen molar-refractivity contribution in [2.45, 2.75) is 19.9 Å². The van der Waals surface area contributed by atoms with Gasteiger partial charge in [-0.25, -0.2) is 0 Å². The number of rotatable bonds is 3. The number of amides is 1. The highest BCUT2D eigenvalue weighted by Crippen LogP contribution is 1.94. The van der Waals surface area contributed by atoms with Gasteiger partial charge in [-0.15, -0.1) is 0 Å². The van der Waals surface area contributed by atoms with Gasteiger partial charge in [0.15, 0.2) is 0 Å². The van der Waals surface area contributed by atoms with Crippen molar-refractivity contribution in [2.24, 2.45) is 0 Å². The molecule has 1 heterocycles. The molecule has 0 atom stereocenters. The van der Waals surface area contributed by atoms with Crippen molar-refractivity contribution in [1.82, 2.24) is 10.3 Å². The fourth-order valence-electron chi connectivity index (χ4n) is 0.794. The van der Waals surface area contributed by atoms with Crippen LogP contribution in [0.3, 0.4) is 0 Å². The number of hydrogen-bond donors (Lipinski definition) is 2. The Kier molecular flexibility index (Phi) is 2.72. The van der Waals surface area contributed by atoms with Crippen LogP contribution in [0.5, 0.6) is 0 Å². The van der Waals surface area contributed by atoms with Gasteiger partial charge in [0, 0.05) is 25.4 Å². The van der Waals surface area contributed by atoms with Crippen molar-refractivity contribution in [1.29, 1.82) is 0 Å². The summed E-state index contributed by atoms with van der Waals surface area (Å²) in [5.41, 5.74) is 1.10. The van der Waals surface area contributed by atoms with Gasteiger partial charge in [-0.3, -0.25) is 4.79 Å². The van der Waals surface area contributed by atoms with Crippen LogP contribution in [0.4, 0.5) is 0 Å². The van der Waals surface area contributed by atoms with Crippen molar-refractivity contribution in [3.63, 3.8) is 0 Å². The van der Waals surface area contributed by atoms with Crippen LogP contribution in [0, 0.1) is 0 Å². The van der Waals surface area contributed by atoms with Crippen LogP contribution in [0.25, 0.3) is 0 Å². The van der Waals surface area contributed by atoms with E-state index < -0.39 is 0 Å². The molecule has 0 fully saturated rings. The number of H-pyrrole nitrogens is 1. The minimum absolute atomic E-state index is 0.0891. The van der Waals surface area contributed by atoms with Crippen molar-refractivity contribution >= 4 is 5.91 Å². The largest absolute Gasteiger partial charge is 0.367 e. The first kappa shape index (κ1) is 7.85. The van der Waals surface area contributed by atoms with Gasteiger partial charge in [0.05, 0.1) is 0 Å². The lowest BCUT2D eigenvalue weighted by Crippen LogP contribution is -2.20. The monoisotopic (exact) mass is 152 g/mol. The van der Waals surface area contributed by atoms with Crippen molar-refractivity contribution in [3.8, 4) is 0 Å². The van der Waals surface area contributed by atoms with Crippen molar-refractivity contribution in [3.05, 3.63) is 24.0 Å². The van der Waals surface area contributed by atoms with E-state index in [4.69, 9.17) is 0 Å². The van der Waals surface area contributed by atoms with Crippen LogP contribution in [0.2, 0.25) is 0 Å². The summed E-state index contributed by atoms with van der Waals surface area (Å²) < 4.78 is 0. The highest BCUT2D eigenvalue weighted by atomic mass is 16.1. The van der Waals surface area contributed by atoms with Crippen LogP contribution in [-0.4, -0.2) is 10.9 Å². The Balaban J connectivity index is 2.29. The first-order chi connectivity index (χ1) is 5.33. The van der Waals surface area contributed by atoms with E-state index in [-0.39, 0.29) is 5.91 Å². The molecule has 0 saturated heterocycles. The van der Waals surface area contributed by atoms with Gasteiger partial charge < -0.3 is 10.3 Å². The molecule has 1 aromatic heterocycles. The van der Waals surface area contributed by atoms with Gasteiger partial charge in [0.25, 0.3) is 0 Å². The maximum atomic E-state index is 10.8. The minimum atomic E-state index is 0.0891. The lowest BCUT2D eigenvalue weighted by molar-refractivity contribution is -0.120. The average molecular weight is 152 g/mol. The summed E-state index contributed by atoms with van der Waals surface area (Å²) in [5.74, 6) is 0.0891. The molecule has 0 aromatic carbocycles. The molecule has 2 N–H and O–H groups in total. The Hall–Kier alpha value is -1.25. The molecule has 0 unspecified atom stereocenters. The van der Waals surface area contributed by atoms with Crippen LogP contribution in [0.15, 0.2) is 18.5 Å². The number of carbonyl (C=O) groups is 1. The van der Waals surface area contributed by atoms with E-state index >= 15 is 0 Å². The molecule has 3 nitrogen and oxygen atoms in total. The number of aromatic amines is 1. The molecule has 3 heteroatoms. The zero-order valence-electron chi connectivity index (χ0n) is 6.55. The molecule has 0 aliphatic rings. The molecule has 0 bridgehead atoms. The topological polar surface area (TPSA) is 44.9 Å².